The highest BCUT2D eigenvalue weighted by Gasteiger charge is 2.47. The summed E-state index contributed by atoms with van der Waals surface area (Å²) < 4.78 is 0. The molecule has 1 unspecified atom stereocenters. The highest BCUT2D eigenvalue weighted by atomic mass is 16.3. The molecule has 4 rings (SSSR count). The molecule has 4 nitrogen and oxygen atoms in total. The molecule has 1 aliphatic heterocycles. The lowest BCUT2D eigenvalue weighted by Gasteiger charge is -2.18. The van der Waals surface area contributed by atoms with Gasteiger partial charge in [-0.05, 0) is 54.6 Å². The molecule has 1 amide bonds. The number of fused-ring (bicyclic) bond motifs is 1. The Labute approximate surface area is 141 Å². The fourth-order valence-electron chi connectivity index (χ4n) is 3.94. The molecular formula is C20H22N2O2. The van der Waals surface area contributed by atoms with Crippen LogP contribution in [0.15, 0.2) is 48.5 Å². The number of amides is 1. The van der Waals surface area contributed by atoms with E-state index in [9.17, 15) is 9.90 Å². The smallest absolute Gasteiger partial charge is 0.230 e. The number of anilines is 1. The zero-order valence-electron chi connectivity index (χ0n) is 13.6. The van der Waals surface area contributed by atoms with E-state index >= 15 is 0 Å². The maximum atomic E-state index is 13.0. The van der Waals surface area contributed by atoms with Crippen LogP contribution < -0.4 is 10.6 Å². The minimum atomic E-state index is 0.0245. The van der Waals surface area contributed by atoms with E-state index in [-0.39, 0.29) is 23.5 Å². The third-order valence-electron chi connectivity index (χ3n) is 5.26. The summed E-state index contributed by atoms with van der Waals surface area (Å²) in [7, 11) is 0. The van der Waals surface area contributed by atoms with Crippen LogP contribution in [0.3, 0.4) is 0 Å². The Bertz CT molecular complexity index is 774. The highest BCUT2D eigenvalue weighted by Crippen LogP contribution is 2.51. The van der Waals surface area contributed by atoms with Crippen molar-refractivity contribution in [1.29, 1.82) is 0 Å². The molecule has 0 bridgehead atoms. The van der Waals surface area contributed by atoms with Gasteiger partial charge in [0.25, 0.3) is 0 Å². The minimum Gasteiger partial charge on any atom is -0.508 e. The van der Waals surface area contributed by atoms with Crippen LogP contribution >= 0.6 is 0 Å². The van der Waals surface area contributed by atoms with Gasteiger partial charge >= 0.3 is 0 Å². The normalized spacial score (nSPS) is 24.7. The predicted octanol–water partition coefficient (Wildman–Crippen LogP) is 2.97. The summed E-state index contributed by atoms with van der Waals surface area (Å²) in [5.41, 5.74) is 9.08. The lowest BCUT2D eigenvalue weighted by molar-refractivity contribution is -0.119. The molecule has 4 heteroatoms. The molecule has 1 heterocycles. The second-order valence-corrected chi connectivity index (χ2v) is 6.83. The van der Waals surface area contributed by atoms with Crippen molar-refractivity contribution in [3.63, 3.8) is 0 Å². The fraction of sp³-hybridized carbons (Fsp3) is 0.350. The van der Waals surface area contributed by atoms with Crippen molar-refractivity contribution in [3.8, 4) is 5.75 Å². The Morgan fingerprint density at radius 2 is 2.04 bits per heavy atom. The van der Waals surface area contributed by atoms with Crippen molar-refractivity contribution >= 4 is 11.6 Å². The molecular weight excluding hydrogens is 300 g/mol. The van der Waals surface area contributed by atoms with Crippen LogP contribution in [-0.4, -0.2) is 24.1 Å². The molecule has 124 valence electrons. The van der Waals surface area contributed by atoms with Crippen molar-refractivity contribution in [2.75, 3.05) is 18.0 Å². The van der Waals surface area contributed by atoms with Crippen LogP contribution in [0, 0.1) is 5.92 Å². The van der Waals surface area contributed by atoms with E-state index < -0.39 is 0 Å². The van der Waals surface area contributed by atoms with Gasteiger partial charge in [0.1, 0.15) is 5.75 Å². The van der Waals surface area contributed by atoms with Crippen LogP contribution in [-0.2, 0) is 4.79 Å². The van der Waals surface area contributed by atoms with Crippen molar-refractivity contribution < 1.29 is 9.90 Å². The maximum absolute atomic E-state index is 13.0. The molecule has 0 saturated heterocycles. The lowest BCUT2D eigenvalue weighted by atomic mass is 9.98. The third-order valence-corrected chi connectivity index (χ3v) is 5.26. The van der Waals surface area contributed by atoms with Gasteiger partial charge in [0.2, 0.25) is 5.91 Å². The van der Waals surface area contributed by atoms with Crippen LogP contribution in [0.25, 0.3) is 0 Å². The molecule has 2 aromatic carbocycles. The molecule has 1 fully saturated rings. The number of benzene rings is 2. The molecule has 24 heavy (non-hydrogen) atoms. The number of hydrogen-bond donors (Lipinski definition) is 2. The third kappa shape index (κ3) is 2.57. The number of phenolic OH excluding ortho intramolecular Hbond substituents is 1. The van der Waals surface area contributed by atoms with Gasteiger partial charge in [-0.3, -0.25) is 4.79 Å². The minimum absolute atomic E-state index is 0.0245. The Balaban J connectivity index is 1.54. The first-order chi connectivity index (χ1) is 11.7. The number of nitrogens with zero attached hydrogens (tertiary/aromatic N) is 1. The van der Waals surface area contributed by atoms with Crippen LogP contribution in [0.5, 0.6) is 5.75 Å². The number of para-hydroxylation sites is 1. The van der Waals surface area contributed by atoms with Crippen LogP contribution in [0.2, 0.25) is 0 Å². The van der Waals surface area contributed by atoms with E-state index in [1.807, 2.05) is 35.2 Å². The number of carbonyl (C=O) groups is 1. The van der Waals surface area contributed by atoms with Gasteiger partial charge in [-0.25, -0.2) is 0 Å². The summed E-state index contributed by atoms with van der Waals surface area (Å²) in [6.45, 7) is 1.37. The van der Waals surface area contributed by atoms with E-state index in [2.05, 4.69) is 6.07 Å². The fourth-order valence-corrected chi connectivity index (χ4v) is 3.94. The molecule has 1 aliphatic carbocycles. The standard InChI is InChI=1S/C20H22N2O2/c21-9-8-14-12-22(19-7-2-1-6-16(14)19)20(24)18-11-17(18)13-4-3-5-15(23)10-13/h1-7,10,14,17-18,23H,8-9,11-12,21H2/t14?,17-,18+/m0/s1. The van der Waals surface area contributed by atoms with Gasteiger partial charge in [-0.2, -0.15) is 0 Å². The second kappa shape index (κ2) is 5.95. The first-order valence-electron chi connectivity index (χ1n) is 8.58. The van der Waals surface area contributed by atoms with Gasteiger partial charge in [0, 0.05) is 24.1 Å². The zero-order chi connectivity index (χ0) is 16.7. The van der Waals surface area contributed by atoms with Crippen molar-refractivity contribution in [1.82, 2.24) is 0 Å². The zero-order valence-corrected chi connectivity index (χ0v) is 13.6. The number of aromatic hydroxyl groups is 1. The summed E-state index contributed by atoms with van der Waals surface area (Å²) in [4.78, 5) is 15.0. The molecule has 1 saturated carbocycles. The van der Waals surface area contributed by atoms with Crippen molar-refractivity contribution in [2.45, 2.75) is 24.7 Å². The molecule has 0 spiro atoms. The number of phenols is 1. The van der Waals surface area contributed by atoms with Gasteiger partial charge < -0.3 is 15.7 Å². The highest BCUT2D eigenvalue weighted by molar-refractivity contribution is 5.99. The quantitative estimate of drug-likeness (QED) is 0.909. The van der Waals surface area contributed by atoms with E-state index in [4.69, 9.17) is 5.73 Å². The van der Waals surface area contributed by atoms with E-state index in [1.54, 1.807) is 12.1 Å². The SMILES string of the molecule is NCCC1CN(C(=O)[C@@H]2C[C@H]2c2cccc(O)c2)c2ccccc21. The van der Waals surface area contributed by atoms with Gasteiger partial charge in [-0.1, -0.05) is 30.3 Å². The maximum Gasteiger partial charge on any atom is 0.230 e. The molecule has 3 atom stereocenters. The van der Waals surface area contributed by atoms with Crippen LogP contribution in [0.1, 0.15) is 35.8 Å². The Hall–Kier alpha value is -2.33. The Morgan fingerprint density at radius 1 is 1.21 bits per heavy atom. The summed E-state index contributed by atoms with van der Waals surface area (Å²) in [6.07, 6.45) is 1.77. The summed E-state index contributed by atoms with van der Waals surface area (Å²) >= 11 is 0. The van der Waals surface area contributed by atoms with Crippen molar-refractivity contribution in [3.05, 3.63) is 59.7 Å². The molecule has 2 aromatic rings. The number of hydrogen-bond acceptors (Lipinski definition) is 3. The lowest BCUT2D eigenvalue weighted by Crippen LogP contribution is -2.31. The molecule has 2 aliphatic rings. The van der Waals surface area contributed by atoms with Crippen molar-refractivity contribution in [2.24, 2.45) is 11.7 Å². The number of nitrogens with two attached hydrogens (primary N) is 1. The van der Waals surface area contributed by atoms with Gasteiger partial charge in [0.15, 0.2) is 0 Å². The first kappa shape index (κ1) is 15.2. The van der Waals surface area contributed by atoms with Crippen LogP contribution in [0.4, 0.5) is 5.69 Å². The van der Waals surface area contributed by atoms with E-state index in [0.29, 0.717) is 12.5 Å². The van der Waals surface area contributed by atoms with Gasteiger partial charge in [-0.15, -0.1) is 0 Å². The number of carbonyl (C=O) groups excluding carboxylic acids is 1. The second-order valence-electron chi connectivity index (χ2n) is 6.83. The summed E-state index contributed by atoms with van der Waals surface area (Å²) in [6, 6.07) is 15.4. The average Bonchev–Trinajstić information content (AvgIpc) is 3.32. The topological polar surface area (TPSA) is 66.6 Å². The molecule has 0 radical (unpaired) electrons. The Morgan fingerprint density at radius 3 is 2.83 bits per heavy atom. The predicted molar refractivity (Wildman–Crippen MR) is 94.2 cm³/mol. The molecule has 3 N–H and O–H groups in total. The first-order valence-corrected chi connectivity index (χ1v) is 8.58. The van der Waals surface area contributed by atoms with Gasteiger partial charge in [0.05, 0.1) is 0 Å². The Kier molecular flexibility index (Phi) is 3.77. The monoisotopic (exact) mass is 322 g/mol. The number of rotatable bonds is 4. The largest absolute Gasteiger partial charge is 0.508 e. The molecule has 0 aromatic heterocycles. The average molecular weight is 322 g/mol. The van der Waals surface area contributed by atoms with E-state index in [0.717, 1.165) is 30.6 Å². The summed E-state index contributed by atoms with van der Waals surface area (Å²) in [5.74, 6) is 1.06. The summed E-state index contributed by atoms with van der Waals surface area (Å²) in [5, 5.41) is 9.64. The van der Waals surface area contributed by atoms with E-state index in [1.165, 1.54) is 5.56 Å².